The Bertz CT molecular complexity index is 491. The first-order valence-electron chi connectivity index (χ1n) is 4.55. The van der Waals surface area contributed by atoms with Gasteiger partial charge in [0.1, 0.15) is 5.69 Å². The van der Waals surface area contributed by atoms with E-state index >= 15 is 0 Å². The van der Waals surface area contributed by atoms with Crippen molar-refractivity contribution >= 4 is 11.6 Å². The second-order valence-corrected chi connectivity index (χ2v) is 3.68. The SMILES string of the molecule is Cn1cc(Cn2ccnc2Cl)c(C(F)F)n1. The highest BCUT2D eigenvalue weighted by Gasteiger charge is 2.17. The van der Waals surface area contributed by atoms with Crippen molar-refractivity contribution in [3.8, 4) is 0 Å². The van der Waals surface area contributed by atoms with Crippen LogP contribution in [0.2, 0.25) is 5.28 Å². The highest BCUT2D eigenvalue weighted by Crippen LogP contribution is 2.22. The lowest BCUT2D eigenvalue weighted by molar-refractivity contribution is 0.144. The minimum Gasteiger partial charge on any atom is -0.317 e. The summed E-state index contributed by atoms with van der Waals surface area (Å²) in [6.07, 6.45) is 2.11. The fourth-order valence-electron chi connectivity index (χ4n) is 1.47. The Hall–Kier alpha value is -1.43. The molecule has 2 rings (SSSR count). The molecule has 0 radical (unpaired) electrons. The van der Waals surface area contributed by atoms with Gasteiger partial charge in [0, 0.05) is 31.2 Å². The van der Waals surface area contributed by atoms with E-state index in [2.05, 4.69) is 10.1 Å². The minimum atomic E-state index is -2.58. The van der Waals surface area contributed by atoms with Gasteiger partial charge in [-0.15, -0.1) is 0 Å². The van der Waals surface area contributed by atoms with Crippen LogP contribution in [0.5, 0.6) is 0 Å². The molecule has 0 atom stereocenters. The van der Waals surface area contributed by atoms with Gasteiger partial charge >= 0.3 is 0 Å². The molecule has 0 saturated carbocycles. The molecule has 2 aromatic rings. The number of rotatable bonds is 3. The number of halogens is 3. The molecule has 0 fully saturated rings. The Balaban J connectivity index is 2.31. The summed E-state index contributed by atoms with van der Waals surface area (Å²) in [5.74, 6) is 0. The molecule has 0 N–H and O–H groups in total. The third-order valence-electron chi connectivity index (χ3n) is 2.15. The van der Waals surface area contributed by atoms with Crippen LogP contribution in [-0.2, 0) is 13.6 Å². The maximum atomic E-state index is 12.6. The van der Waals surface area contributed by atoms with Gasteiger partial charge in [0.2, 0.25) is 5.28 Å². The van der Waals surface area contributed by atoms with Crippen molar-refractivity contribution < 1.29 is 8.78 Å². The first-order valence-corrected chi connectivity index (χ1v) is 4.93. The van der Waals surface area contributed by atoms with E-state index in [4.69, 9.17) is 11.6 Å². The van der Waals surface area contributed by atoms with E-state index in [9.17, 15) is 8.78 Å². The first-order chi connectivity index (χ1) is 7.58. The largest absolute Gasteiger partial charge is 0.317 e. The fraction of sp³-hybridized carbons (Fsp3) is 0.333. The summed E-state index contributed by atoms with van der Waals surface area (Å²) in [4.78, 5) is 3.81. The number of imidazole rings is 1. The predicted molar refractivity (Wildman–Crippen MR) is 54.5 cm³/mol. The molecular formula is C9H9ClF2N4. The second kappa shape index (κ2) is 4.21. The zero-order valence-electron chi connectivity index (χ0n) is 8.44. The molecule has 86 valence electrons. The Kier molecular flexibility index (Phi) is 2.91. The van der Waals surface area contributed by atoms with Crippen LogP contribution in [-0.4, -0.2) is 19.3 Å². The van der Waals surface area contributed by atoms with Gasteiger partial charge in [0.15, 0.2) is 0 Å². The van der Waals surface area contributed by atoms with E-state index < -0.39 is 6.43 Å². The van der Waals surface area contributed by atoms with E-state index in [-0.39, 0.29) is 17.5 Å². The summed E-state index contributed by atoms with van der Waals surface area (Å²) in [7, 11) is 1.60. The van der Waals surface area contributed by atoms with Gasteiger partial charge < -0.3 is 4.57 Å². The lowest BCUT2D eigenvalue weighted by Crippen LogP contribution is -2.01. The zero-order chi connectivity index (χ0) is 11.7. The van der Waals surface area contributed by atoms with Crippen molar-refractivity contribution in [2.75, 3.05) is 0 Å². The maximum absolute atomic E-state index is 12.6. The van der Waals surface area contributed by atoms with Crippen molar-refractivity contribution in [1.82, 2.24) is 19.3 Å². The number of hydrogen-bond acceptors (Lipinski definition) is 2. The van der Waals surface area contributed by atoms with Crippen LogP contribution < -0.4 is 0 Å². The molecule has 2 aromatic heterocycles. The number of aryl methyl sites for hydroxylation is 1. The van der Waals surface area contributed by atoms with E-state index in [1.54, 1.807) is 24.0 Å². The van der Waals surface area contributed by atoms with Crippen molar-refractivity contribution in [3.63, 3.8) is 0 Å². The van der Waals surface area contributed by atoms with Gasteiger partial charge in [-0.2, -0.15) is 5.10 Å². The van der Waals surface area contributed by atoms with Gasteiger partial charge in [-0.05, 0) is 11.6 Å². The number of aromatic nitrogens is 4. The lowest BCUT2D eigenvalue weighted by Gasteiger charge is -2.03. The van der Waals surface area contributed by atoms with Gasteiger partial charge in [-0.25, -0.2) is 13.8 Å². The lowest BCUT2D eigenvalue weighted by atomic mass is 10.2. The van der Waals surface area contributed by atoms with E-state index in [0.29, 0.717) is 5.56 Å². The molecule has 7 heteroatoms. The van der Waals surface area contributed by atoms with E-state index in [1.165, 1.54) is 10.9 Å². The minimum absolute atomic E-state index is 0.215. The molecule has 0 aliphatic heterocycles. The summed E-state index contributed by atoms with van der Waals surface area (Å²) in [5, 5.41) is 3.98. The van der Waals surface area contributed by atoms with Crippen LogP contribution >= 0.6 is 11.6 Å². The van der Waals surface area contributed by atoms with Gasteiger partial charge in [-0.3, -0.25) is 4.68 Å². The van der Waals surface area contributed by atoms with Gasteiger partial charge in [-0.1, -0.05) is 0 Å². The molecule has 0 bridgehead atoms. The molecule has 0 amide bonds. The Morgan fingerprint density at radius 2 is 2.25 bits per heavy atom. The fourth-order valence-corrected chi connectivity index (χ4v) is 1.65. The highest BCUT2D eigenvalue weighted by molar-refractivity contribution is 6.28. The molecule has 2 heterocycles. The average molecular weight is 247 g/mol. The number of hydrogen-bond donors (Lipinski definition) is 0. The molecule has 0 aliphatic rings. The highest BCUT2D eigenvalue weighted by atomic mass is 35.5. The van der Waals surface area contributed by atoms with Crippen LogP contribution in [0.15, 0.2) is 18.6 Å². The third-order valence-corrected chi connectivity index (χ3v) is 2.46. The van der Waals surface area contributed by atoms with Crippen LogP contribution in [0.3, 0.4) is 0 Å². The summed E-state index contributed by atoms with van der Waals surface area (Å²) >= 11 is 5.77. The Morgan fingerprint density at radius 3 is 2.81 bits per heavy atom. The summed E-state index contributed by atoms with van der Waals surface area (Å²) in [6.45, 7) is 0.242. The quantitative estimate of drug-likeness (QED) is 0.833. The van der Waals surface area contributed by atoms with Crippen molar-refractivity contribution in [3.05, 3.63) is 35.1 Å². The average Bonchev–Trinajstić information content (AvgIpc) is 2.75. The molecule has 0 spiro atoms. The van der Waals surface area contributed by atoms with Crippen molar-refractivity contribution in [2.45, 2.75) is 13.0 Å². The Labute approximate surface area is 95.5 Å². The van der Waals surface area contributed by atoms with E-state index in [0.717, 1.165) is 0 Å². The molecule has 4 nitrogen and oxygen atoms in total. The number of nitrogens with zero attached hydrogens (tertiary/aromatic N) is 4. The smallest absolute Gasteiger partial charge is 0.282 e. The predicted octanol–water partition coefficient (Wildman–Crippen LogP) is 2.26. The molecule has 0 saturated heterocycles. The van der Waals surface area contributed by atoms with Gasteiger partial charge in [0.05, 0.1) is 6.54 Å². The topological polar surface area (TPSA) is 35.6 Å². The molecule has 0 unspecified atom stereocenters. The molecule has 0 aliphatic carbocycles. The van der Waals surface area contributed by atoms with Crippen LogP contribution in [0.25, 0.3) is 0 Å². The Morgan fingerprint density at radius 1 is 1.50 bits per heavy atom. The molecular weight excluding hydrogens is 238 g/mol. The summed E-state index contributed by atoms with van der Waals surface area (Å²) < 4.78 is 28.2. The normalized spacial score (nSPS) is 11.3. The monoisotopic (exact) mass is 246 g/mol. The van der Waals surface area contributed by atoms with Crippen LogP contribution in [0.4, 0.5) is 8.78 Å². The van der Waals surface area contributed by atoms with Crippen LogP contribution in [0, 0.1) is 0 Å². The van der Waals surface area contributed by atoms with Gasteiger partial charge in [0.25, 0.3) is 6.43 Å². The summed E-state index contributed by atoms with van der Waals surface area (Å²) in [5.41, 5.74) is 0.227. The number of alkyl halides is 2. The van der Waals surface area contributed by atoms with Crippen LogP contribution in [0.1, 0.15) is 17.7 Å². The zero-order valence-corrected chi connectivity index (χ0v) is 9.20. The third kappa shape index (κ3) is 2.06. The first kappa shape index (κ1) is 11.1. The second-order valence-electron chi connectivity index (χ2n) is 3.34. The maximum Gasteiger partial charge on any atom is 0.282 e. The summed E-state index contributed by atoms with van der Waals surface area (Å²) in [6, 6.07) is 0. The molecule has 16 heavy (non-hydrogen) atoms. The molecule has 0 aromatic carbocycles. The van der Waals surface area contributed by atoms with E-state index in [1.807, 2.05) is 0 Å². The van der Waals surface area contributed by atoms with Crippen molar-refractivity contribution in [2.24, 2.45) is 7.05 Å². The van der Waals surface area contributed by atoms with Crippen molar-refractivity contribution in [1.29, 1.82) is 0 Å². The standard InChI is InChI=1S/C9H9ClF2N4/c1-15-4-6(7(14-15)8(11)12)5-16-3-2-13-9(16)10/h2-4,8H,5H2,1H3.